The lowest BCUT2D eigenvalue weighted by molar-refractivity contribution is -0.0498. The van der Waals surface area contributed by atoms with Gasteiger partial charge in [0.2, 0.25) is 0 Å². The number of rotatable bonds is 4. The maximum atomic E-state index is 12.2. The molecule has 2 aromatic carbocycles. The Balaban J connectivity index is 1.78. The van der Waals surface area contributed by atoms with Crippen molar-refractivity contribution in [2.75, 3.05) is 11.9 Å². The summed E-state index contributed by atoms with van der Waals surface area (Å²) in [7, 11) is 0. The summed E-state index contributed by atoms with van der Waals surface area (Å²) in [6.07, 6.45) is 0.816. The molecule has 0 fully saturated rings. The summed E-state index contributed by atoms with van der Waals surface area (Å²) in [6.45, 7) is -2.19. The fourth-order valence-electron chi connectivity index (χ4n) is 2.46. The third kappa shape index (κ3) is 3.24. The standard InChI is InChI=1S/C16H15F2NO2/c17-16(18)21-12-5-3-4-11(10-12)19-14-8-9-20-15-7-2-1-6-13(14)15/h1-7,10,14,16,19H,8-9H2. The van der Waals surface area contributed by atoms with Gasteiger partial charge in [-0.05, 0) is 18.2 Å². The average Bonchev–Trinajstić information content (AvgIpc) is 2.47. The molecule has 1 atom stereocenters. The molecule has 0 amide bonds. The summed E-state index contributed by atoms with van der Waals surface area (Å²) in [4.78, 5) is 0. The van der Waals surface area contributed by atoms with Gasteiger partial charge in [-0.15, -0.1) is 0 Å². The number of fused-ring (bicyclic) bond motifs is 1. The fourth-order valence-corrected chi connectivity index (χ4v) is 2.46. The van der Waals surface area contributed by atoms with E-state index < -0.39 is 6.61 Å². The van der Waals surface area contributed by atoms with Crippen LogP contribution in [-0.2, 0) is 0 Å². The summed E-state index contributed by atoms with van der Waals surface area (Å²) < 4.78 is 34.5. The zero-order chi connectivity index (χ0) is 14.7. The van der Waals surface area contributed by atoms with Crippen molar-refractivity contribution in [1.82, 2.24) is 0 Å². The van der Waals surface area contributed by atoms with Crippen molar-refractivity contribution in [3.05, 3.63) is 54.1 Å². The normalized spacial score (nSPS) is 17.0. The number of alkyl halides is 2. The van der Waals surface area contributed by atoms with Crippen LogP contribution in [0.1, 0.15) is 18.0 Å². The zero-order valence-electron chi connectivity index (χ0n) is 11.3. The summed E-state index contributed by atoms with van der Waals surface area (Å²) in [5.74, 6) is 1.01. The third-order valence-corrected chi connectivity index (χ3v) is 3.36. The number of halogens is 2. The highest BCUT2D eigenvalue weighted by Gasteiger charge is 2.20. The van der Waals surface area contributed by atoms with Crippen LogP contribution >= 0.6 is 0 Å². The summed E-state index contributed by atoms with van der Waals surface area (Å²) in [5.41, 5.74) is 1.82. The SMILES string of the molecule is FC(F)Oc1cccc(NC2CCOc3ccccc32)c1. The van der Waals surface area contributed by atoms with E-state index in [4.69, 9.17) is 4.74 Å². The number of ether oxygens (including phenoxy) is 2. The van der Waals surface area contributed by atoms with Gasteiger partial charge < -0.3 is 14.8 Å². The molecular formula is C16H15F2NO2. The number of para-hydroxylation sites is 1. The van der Waals surface area contributed by atoms with Gasteiger partial charge in [0.1, 0.15) is 11.5 Å². The van der Waals surface area contributed by atoms with Crippen LogP contribution in [0.15, 0.2) is 48.5 Å². The molecule has 110 valence electrons. The molecule has 3 nitrogen and oxygen atoms in total. The summed E-state index contributed by atoms with van der Waals surface area (Å²) in [5, 5.41) is 3.35. The monoisotopic (exact) mass is 291 g/mol. The van der Waals surface area contributed by atoms with Crippen LogP contribution < -0.4 is 14.8 Å². The molecule has 1 N–H and O–H groups in total. The largest absolute Gasteiger partial charge is 0.493 e. The van der Waals surface area contributed by atoms with Crippen molar-refractivity contribution >= 4 is 5.69 Å². The minimum Gasteiger partial charge on any atom is -0.493 e. The Hall–Kier alpha value is -2.30. The van der Waals surface area contributed by atoms with E-state index in [9.17, 15) is 8.78 Å². The smallest absolute Gasteiger partial charge is 0.387 e. The molecule has 0 bridgehead atoms. The molecule has 0 aromatic heterocycles. The minimum absolute atomic E-state index is 0.0942. The first-order chi connectivity index (χ1) is 10.2. The lowest BCUT2D eigenvalue weighted by Crippen LogP contribution is -2.20. The number of hydrogen-bond donors (Lipinski definition) is 1. The molecule has 0 radical (unpaired) electrons. The van der Waals surface area contributed by atoms with E-state index in [1.165, 1.54) is 6.07 Å². The Labute approximate surface area is 121 Å². The summed E-state index contributed by atoms with van der Waals surface area (Å²) >= 11 is 0. The van der Waals surface area contributed by atoms with Crippen LogP contribution in [0.3, 0.4) is 0 Å². The fraction of sp³-hybridized carbons (Fsp3) is 0.250. The first-order valence-electron chi connectivity index (χ1n) is 6.75. The van der Waals surface area contributed by atoms with Crippen molar-refractivity contribution in [2.45, 2.75) is 19.1 Å². The first kappa shape index (κ1) is 13.7. The lowest BCUT2D eigenvalue weighted by Gasteiger charge is -2.27. The van der Waals surface area contributed by atoms with Crippen molar-refractivity contribution in [2.24, 2.45) is 0 Å². The van der Waals surface area contributed by atoms with Crippen LogP contribution in [0.5, 0.6) is 11.5 Å². The molecule has 1 unspecified atom stereocenters. The third-order valence-electron chi connectivity index (χ3n) is 3.36. The topological polar surface area (TPSA) is 30.5 Å². The van der Waals surface area contributed by atoms with Crippen LogP contribution in [0.25, 0.3) is 0 Å². The number of benzene rings is 2. The molecule has 0 aliphatic carbocycles. The van der Waals surface area contributed by atoms with Crippen molar-refractivity contribution < 1.29 is 18.3 Å². The Morgan fingerprint density at radius 2 is 2.00 bits per heavy atom. The Bertz CT molecular complexity index is 619. The van der Waals surface area contributed by atoms with Crippen LogP contribution in [0, 0.1) is 0 Å². The molecule has 2 aromatic rings. The van der Waals surface area contributed by atoms with Crippen molar-refractivity contribution in [1.29, 1.82) is 0 Å². The van der Waals surface area contributed by atoms with Crippen molar-refractivity contribution in [3.63, 3.8) is 0 Å². The molecule has 21 heavy (non-hydrogen) atoms. The van der Waals surface area contributed by atoms with Crippen molar-refractivity contribution in [3.8, 4) is 11.5 Å². The van der Waals surface area contributed by atoms with Gasteiger partial charge in [0.15, 0.2) is 0 Å². The first-order valence-corrected chi connectivity index (χ1v) is 6.75. The molecule has 1 aliphatic heterocycles. The molecule has 0 saturated heterocycles. The molecule has 1 aliphatic rings. The van der Waals surface area contributed by atoms with Gasteiger partial charge in [0.25, 0.3) is 0 Å². The van der Waals surface area contributed by atoms with Crippen LogP contribution in [0.2, 0.25) is 0 Å². The molecule has 0 saturated carbocycles. The molecule has 5 heteroatoms. The van der Waals surface area contributed by atoms with Gasteiger partial charge >= 0.3 is 6.61 Å². The summed E-state index contributed by atoms with van der Waals surface area (Å²) in [6, 6.07) is 14.5. The lowest BCUT2D eigenvalue weighted by atomic mass is 10.0. The Morgan fingerprint density at radius 3 is 2.86 bits per heavy atom. The van der Waals surface area contributed by atoms with Gasteiger partial charge in [-0.3, -0.25) is 0 Å². The molecule has 3 rings (SSSR count). The minimum atomic E-state index is -2.82. The predicted molar refractivity (Wildman–Crippen MR) is 76.0 cm³/mol. The number of hydrogen-bond acceptors (Lipinski definition) is 3. The van der Waals surface area contributed by atoms with Gasteiger partial charge in [-0.25, -0.2) is 0 Å². The highest BCUT2D eigenvalue weighted by Crippen LogP contribution is 2.34. The van der Waals surface area contributed by atoms with Gasteiger partial charge in [-0.1, -0.05) is 24.3 Å². The highest BCUT2D eigenvalue weighted by atomic mass is 19.3. The predicted octanol–water partition coefficient (Wildman–Crippen LogP) is 4.22. The second-order valence-electron chi connectivity index (χ2n) is 4.78. The zero-order valence-corrected chi connectivity index (χ0v) is 11.3. The highest BCUT2D eigenvalue weighted by molar-refractivity contribution is 5.51. The van der Waals surface area contributed by atoms with Crippen LogP contribution in [-0.4, -0.2) is 13.2 Å². The average molecular weight is 291 g/mol. The maximum Gasteiger partial charge on any atom is 0.387 e. The second-order valence-corrected chi connectivity index (χ2v) is 4.78. The molecular weight excluding hydrogens is 276 g/mol. The van der Waals surface area contributed by atoms with E-state index in [2.05, 4.69) is 10.1 Å². The van der Waals surface area contributed by atoms with Gasteiger partial charge in [0.05, 0.1) is 12.6 Å². The van der Waals surface area contributed by atoms with Crippen LogP contribution in [0.4, 0.5) is 14.5 Å². The Morgan fingerprint density at radius 1 is 1.14 bits per heavy atom. The van der Waals surface area contributed by atoms with Gasteiger partial charge in [0, 0.05) is 23.7 Å². The number of nitrogens with one attached hydrogen (secondary N) is 1. The van der Waals surface area contributed by atoms with E-state index in [-0.39, 0.29) is 11.8 Å². The van der Waals surface area contributed by atoms with E-state index in [0.717, 1.165) is 23.4 Å². The molecule has 1 heterocycles. The Kier molecular flexibility index (Phi) is 3.90. The second kappa shape index (κ2) is 5.99. The van der Waals surface area contributed by atoms with E-state index >= 15 is 0 Å². The van der Waals surface area contributed by atoms with E-state index in [0.29, 0.717) is 6.61 Å². The van der Waals surface area contributed by atoms with E-state index in [1.807, 2.05) is 30.3 Å². The van der Waals surface area contributed by atoms with E-state index in [1.54, 1.807) is 12.1 Å². The van der Waals surface area contributed by atoms with Gasteiger partial charge in [-0.2, -0.15) is 8.78 Å². The maximum absolute atomic E-state index is 12.2. The number of anilines is 1. The quantitative estimate of drug-likeness (QED) is 0.914. The molecule has 0 spiro atoms.